The molecule has 2 unspecified atom stereocenters. The summed E-state index contributed by atoms with van der Waals surface area (Å²) >= 11 is 18.3. The van der Waals surface area contributed by atoms with Gasteiger partial charge in [-0.15, -0.1) is 11.6 Å². The number of halogens is 3. The SMILES string of the molecule is CC(=O)N1CC=C(C(=O)N2CCC(NC(=O)c3ccc(CCl)cc3)C(c3ccc(Cl)c(Cl)c3)C2)CC1. The summed E-state index contributed by atoms with van der Waals surface area (Å²) in [6.07, 6.45) is 2.97. The van der Waals surface area contributed by atoms with Crippen LogP contribution in [0.2, 0.25) is 10.0 Å². The van der Waals surface area contributed by atoms with Crippen LogP contribution >= 0.6 is 34.8 Å². The highest BCUT2D eigenvalue weighted by molar-refractivity contribution is 6.42. The van der Waals surface area contributed by atoms with Crippen molar-refractivity contribution in [3.63, 3.8) is 0 Å². The van der Waals surface area contributed by atoms with Gasteiger partial charge in [-0.25, -0.2) is 0 Å². The Bertz CT molecular complexity index is 1180. The largest absolute Gasteiger partial charge is 0.349 e. The highest BCUT2D eigenvalue weighted by atomic mass is 35.5. The van der Waals surface area contributed by atoms with Gasteiger partial charge < -0.3 is 15.1 Å². The van der Waals surface area contributed by atoms with E-state index in [1.165, 1.54) is 6.92 Å². The molecule has 3 amide bonds. The zero-order chi connectivity index (χ0) is 25.8. The zero-order valence-electron chi connectivity index (χ0n) is 20.0. The van der Waals surface area contributed by atoms with Gasteiger partial charge in [-0.3, -0.25) is 14.4 Å². The smallest absolute Gasteiger partial charge is 0.251 e. The molecule has 36 heavy (non-hydrogen) atoms. The minimum absolute atomic E-state index is 0.00582. The molecule has 2 aliphatic heterocycles. The summed E-state index contributed by atoms with van der Waals surface area (Å²) in [5.41, 5.74) is 3.13. The quantitative estimate of drug-likeness (QED) is 0.533. The minimum Gasteiger partial charge on any atom is -0.349 e. The fraction of sp³-hybridized carbons (Fsp3) is 0.370. The average Bonchev–Trinajstić information content (AvgIpc) is 2.90. The number of rotatable bonds is 5. The fourth-order valence-electron chi connectivity index (χ4n) is 4.74. The van der Waals surface area contributed by atoms with Crippen LogP contribution in [0.3, 0.4) is 0 Å². The van der Waals surface area contributed by atoms with E-state index in [0.29, 0.717) is 60.5 Å². The van der Waals surface area contributed by atoms with Crippen LogP contribution in [0, 0.1) is 0 Å². The zero-order valence-corrected chi connectivity index (χ0v) is 22.2. The van der Waals surface area contributed by atoms with Crippen LogP contribution in [-0.4, -0.2) is 59.7 Å². The maximum absolute atomic E-state index is 13.3. The first-order chi connectivity index (χ1) is 17.3. The highest BCUT2D eigenvalue weighted by Crippen LogP contribution is 2.33. The second-order valence-electron chi connectivity index (χ2n) is 9.17. The van der Waals surface area contributed by atoms with Crippen molar-refractivity contribution in [1.29, 1.82) is 0 Å². The molecule has 0 radical (unpaired) electrons. The summed E-state index contributed by atoms with van der Waals surface area (Å²) in [5, 5.41) is 4.05. The molecule has 1 saturated heterocycles. The van der Waals surface area contributed by atoms with Crippen molar-refractivity contribution in [2.45, 2.75) is 37.6 Å². The van der Waals surface area contributed by atoms with E-state index < -0.39 is 0 Å². The van der Waals surface area contributed by atoms with Gasteiger partial charge in [-0.05, 0) is 48.2 Å². The number of carbonyl (C=O) groups excluding carboxylic acids is 3. The number of benzene rings is 2. The first kappa shape index (κ1) is 26.5. The van der Waals surface area contributed by atoms with Gasteiger partial charge in [-0.2, -0.15) is 0 Å². The molecule has 1 N–H and O–H groups in total. The molecule has 2 aromatic rings. The summed E-state index contributed by atoms with van der Waals surface area (Å²) in [6.45, 7) is 3.47. The average molecular weight is 549 g/mol. The number of nitrogens with one attached hydrogen (secondary N) is 1. The van der Waals surface area contributed by atoms with E-state index in [4.69, 9.17) is 34.8 Å². The van der Waals surface area contributed by atoms with Crippen molar-refractivity contribution in [1.82, 2.24) is 15.1 Å². The molecule has 1 fully saturated rings. The maximum Gasteiger partial charge on any atom is 0.251 e. The molecule has 0 aliphatic carbocycles. The molecule has 0 saturated carbocycles. The van der Waals surface area contributed by atoms with Gasteiger partial charge >= 0.3 is 0 Å². The first-order valence-electron chi connectivity index (χ1n) is 11.9. The number of hydrogen-bond donors (Lipinski definition) is 1. The molecule has 4 rings (SSSR count). The third-order valence-electron chi connectivity index (χ3n) is 6.89. The molecule has 2 aliphatic rings. The number of likely N-dealkylation sites (tertiary alicyclic amines) is 1. The number of hydrogen-bond acceptors (Lipinski definition) is 3. The van der Waals surface area contributed by atoms with Gasteiger partial charge in [0.2, 0.25) is 11.8 Å². The van der Waals surface area contributed by atoms with Crippen LogP contribution in [0.25, 0.3) is 0 Å². The Morgan fingerprint density at radius 3 is 2.36 bits per heavy atom. The van der Waals surface area contributed by atoms with Gasteiger partial charge in [0.15, 0.2) is 0 Å². The van der Waals surface area contributed by atoms with E-state index in [0.717, 1.165) is 16.7 Å². The van der Waals surface area contributed by atoms with Gasteiger partial charge in [-0.1, -0.05) is 47.5 Å². The fourth-order valence-corrected chi connectivity index (χ4v) is 5.22. The van der Waals surface area contributed by atoms with Crippen molar-refractivity contribution in [3.05, 3.63) is 80.8 Å². The molecule has 0 aromatic heterocycles. The van der Waals surface area contributed by atoms with Gasteiger partial charge in [0.05, 0.1) is 10.0 Å². The minimum atomic E-state index is -0.194. The van der Waals surface area contributed by atoms with Crippen LogP contribution in [0.15, 0.2) is 54.1 Å². The van der Waals surface area contributed by atoms with E-state index in [-0.39, 0.29) is 29.7 Å². The number of carbonyl (C=O) groups is 3. The molecule has 9 heteroatoms. The molecule has 190 valence electrons. The van der Waals surface area contributed by atoms with Crippen LogP contribution in [0.4, 0.5) is 0 Å². The Morgan fingerprint density at radius 2 is 1.75 bits per heavy atom. The maximum atomic E-state index is 13.3. The van der Waals surface area contributed by atoms with Gasteiger partial charge in [0.1, 0.15) is 0 Å². The molecule has 2 heterocycles. The lowest BCUT2D eigenvalue weighted by Gasteiger charge is -2.40. The van der Waals surface area contributed by atoms with Crippen molar-refractivity contribution >= 4 is 52.5 Å². The Balaban J connectivity index is 1.53. The number of nitrogens with zero attached hydrogens (tertiary/aromatic N) is 2. The lowest BCUT2D eigenvalue weighted by atomic mass is 9.85. The first-order valence-corrected chi connectivity index (χ1v) is 13.2. The van der Waals surface area contributed by atoms with Crippen molar-refractivity contribution in [2.75, 3.05) is 26.2 Å². The van der Waals surface area contributed by atoms with E-state index in [1.54, 1.807) is 23.1 Å². The van der Waals surface area contributed by atoms with Crippen LogP contribution in [0.1, 0.15) is 47.2 Å². The van der Waals surface area contributed by atoms with Crippen LogP contribution in [0.5, 0.6) is 0 Å². The second kappa shape index (κ2) is 11.7. The summed E-state index contributed by atoms with van der Waals surface area (Å²) in [4.78, 5) is 41.6. The summed E-state index contributed by atoms with van der Waals surface area (Å²) in [5.74, 6) is 0.0273. The van der Waals surface area contributed by atoms with Crippen molar-refractivity contribution < 1.29 is 14.4 Å². The van der Waals surface area contributed by atoms with Crippen molar-refractivity contribution in [3.8, 4) is 0 Å². The highest BCUT2D eigenvalue weighted by Gasteiger charge is 2.35. The Hall–Kier alpha value is -2.54. The summed E-state index contributed by atoms with van der Waals surface area (Å²) in [6, 6.07) is 12.5. The molecule has 6 nitrogen and oxygen atoms in total. The normalized spacial score (nSPS) is 20.1. The molecular formula is C27H28Cl3N3O3. The molecule has 0 spiro atoms. The van der Waals surface area contributed by atoms with E-state index in [9.17, 15) is 14.4 Å². The topological polar surface area (TPSA) is 69.7 Å². The third kappa shape index (κ3) is 6.05. The monoisotopic (exact) mass is 547 g/mol. The van der Waals surface area contributed by atoms with Crippen LogP contribution in [-0.2, 0) is 15.5 Å². The Kier molecular flexibility index (Phi) is 8.60. The molecular weight excluding hydrogens is 521 g/mol. The molecule has 0 bridgehead atoms. The van der Waals surface area contributed by atoms with Crippen molar-refractivity contribution in [2.24, 2.45) is 0 Å². The van der Waals surface area contributed by atoms with E-state index in [2.05, 4.69) is 5.32 Å². The molecule has 2 atom stereocenters. The predicted octanol–water partition coefficient (Wildman–Crippen LogP) is 5.03. The Labute approximate surface area is 226 Å². The number of piperidine rings is 1. The van der Waals surface area contributed by atoms with E-state index in [1.807, 2.05) is 35.2 Å². The van der Waals surface area contributed by atoms with Gasteiger partial charge in [0.25, 0.3) is 5.91 Å². The number of amides is 3. The Morgan fingerprint density at radius 1 is 1.00 bits per heavy atom. The van der Waals surface area contributed by atoms with Crippen LogP contribution < -0.4 is 5.32 Å². The van der Waals surface area contributed by atoms with E-state index >= 15 is 0 Å². The molecule has 2 aromatic carbocycles. The number of alkyl halides is 1. The predicted molar refractivity (Wildman–Crippen MR) is 143 cm³/mol. The third-order valence-corrected chi connectivity index (χ3v) is 7.94. The lowest BCUT2D eigenvalue weighted by molar-refractivity contribution is -0.131. The van der Waals surface area contributed by atoms with Gasteiger partial charge in [0, 0.05) is 62.1 Å². The lowest BCUT2D eigenvalue weighted by Crippen LogP contribution is -2.52. The summed E-state index contributed by atoms with van der Waals surface area (Å²) in [7, 11) is 0. The summed E-state index contributed by atoms with van der Waals surface area (Å²) < 4.78 is 0. The standard InChI is InChI=1S/C27H28Cl3N3O3/c1-17(34)32-11-8-20(9-12-32)27(36)33-13-10-25(22(16-33)21-6-7-23(29)24(30)14-21)31-26(35)19-4-2-18(15-28)3-5-19/h2-8,14,22,25H,9-13,15-16H2,1H3,(H,31,35). The second-order valence-corrected chi connectivity index (χ2v) is 10.3.